The lowest BCUT2D eigenvalue weighted by Gasteiger charge is -2.14. The van der Waals surface area contributed by atoms with Crippen molar-refractivity contribution in [2.24, 2.45) is 0 Å². The van der Waals surface area contributed by atoms with E-state index in [1.807, 2.05) is 13.1 Å². The van der Waals surface area contributed by atoms with Crippen LogP contribution >= 0.6 is 0 Å². The summed E-state index contributed by atoms with van der Waals surface area (Å²) < 4.78 is 2.06. The Labute approximate surface area is 102 Å². The zero-order valence-corrected chi connectivity index (χ0v) is 10.5. The summed E-state index contributed by atoms with van der Waals surface area (Å²) in [6.07, 6.45) is 8.37. The van der Waals surface area contributed by atoms with Gasteiger partial charge in [0, 0.05) is 18.7 Å². The highest BCUT2D eigenvalue weighted by Crippen LogP contribution is 2.20. The van der Waals surface area contributed by atoms with Crippen LogP contribution in [0.1, 0.15) is 43.9 Å². The molecule has 0 saturated carbocycles. The number of aryl methyl sites for hydroxylation is 1. The quantitative estimate of drug-likeness (QED) is 0.844. The van der Waals surface area contributed by atoms with Gasteiger partial charge >= 0.3 is 0 Å². The number of hydrogen-bond acceptors (Lipinski definition) is 2. The highest BCUT2D eigenvalue weighted by Gasteiger charge is 2.14. The van der Waals surface area contributed by atoms with E-state index < -0.39 is 0 Å². The minimum absolute atomic E-state index is 0.147. The largest absolute Gasteiger partial charge is 0.354 e. The fraction of sp³-hybridized carbons (Fsp3) is 0.692. The van der Waals surface area contributed by atoms with E-state index in [0.29, 0.717) is 13.0 Å². The molecule has 4 heteroatoms. The van der Waals surface area contributed by atoms with Gasteiger partial charge in [-0.05, 0) is 37.7 Å². The number of carbonyl (C=O) groups excluding carboxylic acids is 1. The van der Waals surface area contributed by atoms with Crippen LogP contribution < -0.4 is 5.32 Å². The maximum absolute atomic E-state index is 11.3. The van der Waals surface area contributed by atoms with Crippen LogP contribution in [0.4, 0.5) is 0 Å². The average Bonchev–Trinajstić information content (AvgIpc) is 2.73. The summed E-state index contributed by atoms with van der Waals surface area (Å²) in [5.74, 6) is 0.147. The van der Waals surface area contributed by atoms with Gasteiger partial charge in [-0.1, -0.05) is 6.92 Å². The van der Waals surface area contributed by atoms with Crippen LogP contribution in [0.25, 0.3) is 0 Å². The first kappa shape index (κ1) is 12.1. The molecule has 17 heavy (non-hydrogen) atoms. The van der Waals surface area contributed by atoms with Crippen molar-refractivity contribution in [3.05, 3.63) is 17.5 Å². The summed E-state index contributed by atoms with van der Waals surface area (Å²) in [7, 11) is 0. The third-order valence-electron chi connectivity index (χ3n) is 3.27. The first-order valence-electron chi connectivity index (χ1n) is 6.61. The second kappa shape index (κ2) is 5.84. The Bertz CT molecular complexity index is 384. The highest BCUT2D eigenvalue weighted by atomic mass is 16.1. The lowest BCUT2D eigenvalue weighted by Crippen LogP contribution is -2.27. The third kappa shape index (κ3) is 3.08. The molecule has 4 nitrogen and oxygen atoms in total. The molecule has 0 aromatic carbocycles. The maximum atomic E-state index is 11.3. The number of fused-ring (bicyclic) bond motifs is 1. The summed E-state index contributed by atoms with van der Waals surface area (Å²) in [4.78, 5) is 11.3. The molecule has 1 aliphatic carbocycles. The van der Waals surface area contributed by atoms with Crippen molar-refractivity contribution in [1.29, 1.82) is 0 Å². The van der Waals surface area contributed by atoms with Gasteiger partial charge in [-0.25, -0.2) is 0 Å². The van der Waals surface area contributed by atoms with E-state index in [9.17, 15) is 4.79 Å². The molecule has 0 aliphatic heterocycles. The summed E-state index contributed by atoms with van der Waals surface area (Å²) in [6, 6.07) is 0. The van der Waals surface area contributed by atoms with E-state index in [1.165, 1.54) is 24.1 Å². The van der Waals surface area contributed by atoms with Gasteiger partial charge in [-0.3, -0.25) is 9.48 Å². The first-order chi connectivity index (χ1) is 8.31. The highest BCUT2D eigenvalue weighted by molar-refractivity contribution is 5.75. The van der Waals surface area contributed by atoms with Crippen molar-refractivity contribution >= 4 is 5.91 Å². The van der Waals surface area contributed by atoms with Gasteiger partial charge < -0.3 is 5.32 Å². The fourth-order valence-corrected chi connectivity index (χ4v) is 2.37. The van der Waals surface area contributed by atoms with Crippen LogP contribution in [0.5, 0.6) is 0 Å². The van der Waals surface area contributed by atoms with Gasteiger partial charge in [0.05, 0.1) is 12.7 Å². The van der Waals surface area contributed by atoms with Crippen LogP contribution in [0, 0.1) is 0 Å². The van der Waals surface area contributed by atoms with Crippen molar-refractivity contribution in [3.63, 3.8) is 0 Å². The number of rotatable bonds is 5. The van der Waals surface area contributed by atoms with Gasteiger partial charge in [0.25, 0.3) is 0 Å². The predicted molar refractivity (Wildman–Crippen MR) is 66.8 cm³/mol. The Morgan fingerprint density at radius 1 is 1.47 bits per heavy atom. The minimum atomic E-state index is 0.147. The van der Waals surface area contributed by atoms with Gasteiger partial charge in [-0.2, -0.15) is 5.10 Å². The predicted octanol–water partition coefficient (Wildman–Crippen LogP) is 1.68. The molecular formula is C13H21N3O. The second-order valence-corrected chi connectivity index (χ2v) is 4.65. The number of carbonyl (C=O) groups is 1. The molecule has 0 saturated heterocycles. The Hall–Kier alpha value is -1.32. The number of nitrogens with one attached hydrogen (secondary N) is 1. The van der Waals surface area contributed by atoms with E-state index in [-0.39, 0.29) is 5.91 Å². The second-order valence-electron chi connectivity index (χ2n) is 4.65. The SMILES string of the molecule is CCCC(=O)NCCn1ncc2c1CCCC2. The van der Waals surface area contributed by atoms with Crippen molar-refractivity contribution in [1.82, 2.24) is 15.1 Å². The Kier molecular flexibility index (Phi) is 4.18. The number of hydrogen-bond donors (Lipinski definition) is 1. The molecule has 0 unspecified atom stereocenters. The monoisotopic (exact) mass is 235 g/mol. The average molecular weight is 235 g/mol. The van der Waals surface area contributed by atoms with Gasteiger partial charge in [0.1, 0.15) is 0 Å². The van der Waals surface area contributed by atoms with E-state index >= 15 is 0 Å². The van der Waals surface area contributed by atoms with Gasteiger partial charge in [0.15, 0.2) is 0 Å². The standard InChI is InChI=1S/C13H21N3O/c1-2-5-13(17)14-8-9-16-12-7-4-3-6-11(12)10-15-16/h10H,2-9H2,1H3,(H,14,17). The van der Waals surface area contributed by atoms with Gasteiger partial charge in [0.2, 0.25) is 5.91 Å². The Morgan fingerprint density at radius 3 is 3.12 bits per heavy atom. The molecule has 1 aromatic heterocycles. The smallest absolute Gasteiger partial charge is 0.220 e. The number of nitrogens with zero attached hydrogens (tertiary/aromatic N) is 2. The van der Waals surface area contributed by atoms with E-state index in [1.54, 1.807) is 0 Å². The minimum Gasteiger partial charge on any atom is -0.354 e. The van der Waals surface area contributed by atoms with Crippen LogP contribution in [0.15, 0.2) is 6.20 Å². The van der Waals surface area contributed by atoms with Crippen molar-refractivity contribution in [2.45, 2.75) is 52.0 Å². The maximum Gasteiger partial charge on any atom is 0.220 e. The fourth-order valence-electron chi connectivity index (χ4n) is 2.37. The lowest BCUT2D eigenvalue weighted by molar-refractivity contribution is -0.121. The van der Waals surface area contributed by atoms with Crippen LogP contribution in [0.2, 0.25) is 0 Å². The topological polar surface area (TPSA) is 46.9 Å². The summed E-state index contributed by atoms with van der Waals surface area (Å²) in [5.41, 5.74) is 2.78. The molecule has 0 radical (unpaired) electrons. The molecule has 1 aliphatic rings. The van der Waals surface area contributed by atoms with Crippen molar-refractivity contribution < 1.29 is 4.79 Å². The van der Waals surface area contributed by atoms with Gasteiger partial charge in [-0.15, -0.1) is 0 Å². The van der Waals surface area contributed by atoms with Crippen molar-refractivity contribution in [2.75, 3.05) is 6.54 Å². The summed E-state index contributed by atoms with van der Waals surface area (Å²) >= 11 is 0. The zero-order chi connectivity index (χ0) is 12.1. The molecule has 0 bridgehead atoms. The molecule has 94 valence electrons. The third-order valence-corrected chi connectivity index (χ3v) is 3.27. The molecule has 1 aromatic rings. The summed E-state index contributed by atoms with van der Waals surface area (Å²) in [5, 5.41) is 7.33. The molecule has 1 N–H and O–H groups in total. The normalized spacial score (nSPS) is 14.4. The van der Waals surface area contributed by atoms with Crippen LogP contribution in [-0.4, -0.2) is 22.2 Å². The molecule has 0 fully saturated rings. The van der Waals surface area contributed by atoms with Crippen LogP contribution in [-0.2, 0) is 24.2 Å². The number of amides is 1. The van der Waals surface area contributed by atoms with E-state index in [0.717, 1.165) is 25.8 Å². The van der Waals surface area contributed by atoms with Crippen LogP contribution in [0.3, 0.4) is 0 Å². The molecule has 0 atom stereocenters. The van der Waals surface area contributed by atoms with E-state index in [4.69, 9.17) is 0 Å². The summed E-state index contributed by atoms with van der Waals surface area (Å²) in [6.45, 7) is 3.50. The van der Waals surface area contributed by atoms with Crippen molar-refractivity contribution in [3.8, 4) is 0 Å². The molecule has 2 rings (SSSR count). The molecule has 0 spiro atoms. The Morgan fingerprint density at radius 2 is 2.29 bits per heavy atom. The van der Waals surface area contributed by atoms with E-state index in [2.05, 4.69) is 15.1 Å². The first-order valence-corrected chi connectivity index (χ1v) is 6.61. The Balaban J connectivity index is 1.83. The lowest BCUT2D eigenvalue weighted by atomic mass is 9.98. The zero-order valence-electron chi connectivity index (χ0n) is 10.5. The molecular weight excluding hydrogens is 214 g/mol. The number of aromatic nitrogens is 2. The molecule has 1 heterocycles. The molecule has 1 amide bonds.